The average molecular weight is 361 g/mol. The lowest BCUT2D eigenvalue weighted by atomic mass is 9.88. The van der Waals surface area contributed by atoms with Gasteiger partial charge >= 0.3 is 12.3 Å². The standard InChI is InChI=1S/C16H18F3NO5/c1-24-10-15(14(22)23)5-6-20(9-15)13(21)8-11-3-2-4-12(7-11)25-16(17,18)19/h2-4,7H,5-6,8-10H2,1H3,(H,22,23). The fourth-order valence-electron chi connectivity index (χ4n) is 2.85. The van der Waals surface area contributed by atoms with Gasteiger partial charge in [-0.3, -0.25) is 9.59 Å². The largest absolute Gasteiger partial charge is 0.573 e. The minimum Gasteiger partial charge on any atom is -0.481 e. The van der Waals surface area contributed by atoms with E-state index >= 15 is 0 Å². The number of carboxylic acid groups (broad SMARTS) is 1. The Balaban J connectivity index is 2.03. The van der Waals surface area contributed by atoms with Crippen LogP contribution in [0, 0.1) is 5.41 Å². The van der Waals surface area contributed by atoms with Crippen LogP contribution in [0.15, 0.2) is 24.3 Å². The van der Waals surface area contributed by atoms with Crippen molar-refractivity contribution in [2.75, 3.05) is 26.8 Å². The van der Waals surface area contributed by atoms with Gasteiger partial charge in [0.2, 0.25) is 5.91 Å². The number of hydrogen-bond acceptors (Lipinski definition) is 4. The monoisotopic (exact) mass is 361 g/mol. The second-order valence-corrected chi connectivity index (χ2v) is 5.96. The number of carbonyl (C=O) groups is 2. The van der Waals surface area contributed by atoms with E-state index in [0.29, 0.717) is 5.56 Å². The van der Waals surface area contributed by atoms with Crippen molar-refractivity contribution in [3.63, 3.8) is 0 Å². The number of amides is 1. The first kappa shape index (κ1) is 19.0. The predicted molar refractivity (Wildman–Crippen MR) is 80.0 cm³/mol. The van der Waals surface area contributed by atoms with Crippen molar-refractivity contribution < 1.29 is 37.3 Å². The molecule has 0 aromatic heterocycles. The Kier molecular flexibility index (Phi) is 5.56. The fourth-order valence-corrected chi connectivity index (χ4v) is 2.85. The lowest BCUT2D eigenvalue weighted by Crippen LogP contribution is -2.40. The highest BCUT2D eigenvalue weighted by atomic mass is 19.4. The molecule has 0 radical (unpaired) electrons. The second-order valence-electron chi connectivity index (χ2n) is 5.96. The third-order valence-electron chi connectivity index (χ3n) is 4.07. The van der Waals surface area contributed by atoms with Crippen molar-refractivity contribution in [3.8, 4) is 5.75 Å². The molecule has 6 nitrogen and oxygen atoms in total. The smallest absolute Gasteiger partial charge is 0.481 e. The summed E-state index contributed by atoms with van der Waals surface area (Å²) in [5, 5.41) is 9.39. The SMILES string of the molecule is COCC1(C(=O)O)CCN(C(=O)Cc2cccc(OC(F)(F)F)c2)C1. The molecule has 1 atom stereocenters. The molecule has 0 saturated carbocycles. The molecule has 1 aromatic carbocycles. The van der Waals surface area contributed by atoms with Gasteiger partial charge in [0, 0.05) is 20.2 Å². The quantitative estimate of drug-likeness (QED) is 0.840. The van der Waals surface area contributed by atoms with Gasteiger partial charge in [0.25, 0.3) is 0 Å². The fraction of sp³-hybridized carbons (Fsp3) is 0.500. The first-order valence-corrected chi connectivity index (χ1v) is 7.50. The third kappa shape index (κ3) is 4.85. The molecule has 1 unspecified atom stereocenters. The Labute approximate surface area is 142 Å². The number of benzene rings is 1. The van der Waals surface area contributed by atoms with Crippen LogP contribution in [0.5, 0.6) is 5.75 Å². The van der Waals surface area contributed by atoms with E-state index in [4.69, 9.17) is 4.74 Å². The van der Waals surface area contributed by atoms with Crippen molar-refractivity contribution >= 4 is 11.9 Å². The van der Waals surface area contributed by atoms with Gasteiger partial charge in [-0.2, -0.15) is 0 Å². The van der Waals surface area contributed by atoms with Crippen LogP contribution in [0.2, 0.25) is 0 Å². The number of nitrogens with zero attached hydrogens (tertiary/aromatic N) is 1. The molecule has 1 amide bonds. The highest BCUT2D eigenvalue weighted by Gasteiger charge is 2.46. The van der Waals surface area contributed by atoms with Gasteiger partial charge in [-0.15, -0.1) is 13.2 Å². The molecule has 1 N–H and O–H groups in total. The maximum absolute atomic E-state index is 12.4. The summed E-state index contributed by atoms with van der Waals surface area (Å²) in [5.41, 5.74) is -0.794. The van der Waals surface area contributed by atoms with E-state index in [-0.39, 0.29) is 38.4 Å². The van der Waals surface area contributed by atoms with E-state index in [1.165, 1.54) is 24.1 Å². The highest BCUT2D eigenvalue weighted by Crippen LogP contribution is 2.32. The normalized spacial score (nSPS) is 20.6. The van der Waals surface area contributed by atoms with Crippen LogP contribution < -0.4 is 4.74 Å². The topological polar surface area (TPSA) is 76.1 Å². The average Bonchev–Trinajstić information content (AvgIpc) is 2.92. The number of methoxy groups -OCH3 is 1. The van der Waals surface area contributed by atoms with Crippen LogP contribution in [0.1, 0.15) is 12.0 Å². The number of ether oxygens (including phenoxy) is 2. The zero-order valence-corrected chi connectivity index (χ0v) is 13.5. The van der Waals surface area contributed by atoms with E-state index in [0.717, 1.165) is 12.1 Å². The predicted octanol–water partition coefficient (Wildman–Crippen LogP) is 2.08. The molecule has 0 spiro atoms. The Morgan fingerprint density at radius 3 is 2.68 bits per heavy atom. The van der Waals surface area contributed by atoms with E-state index in [1.54, 1.807) is 0 Å². The minimum atomic E-state index is -4.81. The lowest BCUT2D eigenvalue weighted by molar-refractivity contribution is -0.274. The number of carboxylic acids is 1. The van der Waals surface area contributed by atoms with Gasteiger partial charge < -0.3 is 19.5 Å². The van der Waals surface area contributed by atoms with Crippen LogP contribution in [0.4, 0.5) is 13.2 Å². The van der Waals surface area contributed by atoms with Crippen molar-refractivity contribution in [1.29, 1.82) is 0 Å². The molecule has 0 bridgehead atoms. The molecule has 1 aliphatic heterocycles. The number of carbonyl (C=O) groups excluding carboxylic acids is 1. The number of hydrogen-bond donors (Lipinski definition) is 1. The van der Waals surface area contributed by atoms with E-state index in [1.807, 2.05) is 0 Å². The summed E-state index contributed by atoms with van der Waals surface area (Å²) >= 11 is 0. The third-order valence-corrected chi connectivity index (χ3v) is 4.07. The Hall–Kier alpha value is -2.29. The summed E-state index contributed by atoms with van der Waals surface area (Å²) in [7, 11) is 1.39. The molecule has 1 saturated heterocycles. The van der Waals surface area contributed by atoms with Crippen molar-refractivity contribution in [2.24, 2.45) is 5.41 Å². The Morgan fingerprint density at radius 2 is 2.08 bits per heavy atom. The van der Waals surface area contributed by atoms with Gasteiger partial charge in [0.1, 0.15) is 11.2 Å². The molecule has 1 aromatic rings. The Morgan fingerprint density at radius 1 is 1.36 bits per heavy atom. The second kappa shape index (κ2) is 7.30. The summed E-state index contributed by atoms with van der Waals surface area (Å²) in [4.78, 5) is 25.2. The van der Waals surface area contributed by atoms with Gasteiger partial charge in [-0.05, 0) is 24.1 Å². The molecular formula is C16H18F3NO5. The van der Waals surface area contributed by atoms with Crippen molar-refractivity contribution in [3.05, 3.63) is 29.8 Å². The molecule has 1 fully saturated rings. The van der Waals surface area contributed by atoms with Gasteiger partial charge in [0.05, 0.1) is 13.0 Å². The number of likely N-dealkylation sites (tertiary alicyclic amines) is 1. The minimum absolute atomic E-state index is 0.00769. The van der Waals surface area contributed by atoms with Crippen LogP contribution in [-0.2, 0) is 20.7 Å². The van der Waals surface area contributed by atoms with Crippen molar-refractivity contribution in [1.82, 2.24) is 4.90 Å². The summed E-state index contributed by atoms with van der Waals surface area (Å²) in [6.07, 6.45) is -4.68. The van der Waals surface area contributed by atoms with Crippen LogP contribution in [0.3, 0.4) is 0 Å². The first-order chi connectivity index (χ1) is 11.6. The molecule has 2 rings (SSSR count). The van der Waals surface area contributed by atoms with Crippen LogP contribution in [-0.4, -0.2) is 55.1 Å². The molecule has 1 heterocycles. The zero-order valence-electron chi connectivity index (χ0n) is 13.5. The van der Waals surface area contributed by atoms with Crippen LogP contribution >= 0.6 is 0 Å². The number of rotatable bonds is 6. The van der Waals surface area contributed by atoms with E-state index in [2.05, 4.69) is 4.74 Å². The van der Waals surface area contributed by atoms with Crippen LogP contribution in [0.25, 0.3) is 0 Å². The number of alkyl halides is 3. The van der Waals surface area contributed by atoms with Gasteiger partial charge in [-0.25, -0.2) is 0 Å². The van der Waals surface area contributed by atoms with Gasteiger partial charge in [0.15, 0.2) is 0 Å². The first-order valence-electron chi connectivity index (χ1n) is 7.50. The molecule has 9 heteroatoms. The Bertz CT molecular complexity index is 649. The summed E-state index contributed by atoms with van der Waals surface area (Å²) in [6, 6.07) is 5.16. The number of halogens is 3. The van der Waals surface area contributed by atoms with Crippen molar-refractivity contribution in [2.45, 2.75) is 19.2 Å². The zero-order chi connectivity index (χ0) is 18.7. The summed E-state index contributed by atoms with van der Waals surface area (Å²) in [5.74, 6) is -1.80. The lowest BCUT2D eigenvalue weighted by Gasteiger charge is -2.23. The molecule has 1 aliphatic rings. The summed E-state index contributed by atoms with van der Waals surface area (Å²) in [6.45, 7) is 0.252. The molecule has 0 aliphatic carbocycles. The highest BCUT2D eigenvalue weighted by molar-refractivity contribution is 5.82. The van der Waals surface area contributed by atoms with E-state index in [9.17, 15) is 27.9 Å². The molecular weight excluding hydrogens is 343 g/mol. The van der Waals surface area contributed by atoms with E-state index < -0.39 is 23.5 Å². The number of aliphatic carboxylic acids is 1. The molecule has 138 valence electrons. The van der Waals surface area contributed by atoms with Gasteiger partial charge in [-0.1, -0.05) is 12.1 Å². The maximum Gasteiger partial charge on any atom is 0.573 e. The summed E-state index contributed by atoms with van der Waals surface area (Å²) < 4.78 is 45.5. The maximum atomic E-state index is 12.4. The molecule has 25 heavy (non-hydrogen) atoms.